The van der Waals surface area contributed by atoms with Crippen molar-refractivity contribution in [3.63, 3.8) is 0 Å². The molecule has 1 aromatic heterocycles. The van der Waals surface area contributed by atoms with E-state index in [1.807, 2.05) is 37.2 Å². The second-order valence-electron chi connectivity index (χ2n) is 9.27. The molecule has 2 N–H and O–H groups in total. The maximum absolute atomic E-state index is 12.9. The van der Waals surface area contributed by atoms with E-state index in [1.54, 1.807) is 12.5 Å². The maximum atomic E-state index is 12.9. The van der Waals surface area contributed by atoms with Crippen molar-refractivity contribution in [2.45, 2.75) is 18.8 Å². The third kappa shape index (κ3) is 6.52. The highest BCUT2D eigenvalue weighted by Gasteiger charge is 2.32. The number of fused-ring (bicyclic) bond motifs is 1. The van der Waals surface area contributed by atoms with E-state index in [2.05, 4.69) is 25.1 Å². The van der Waals surface area contributed by atoms with Crippen molar-refractivity contribution in [3.05, 3.63) is 35.5 Å². The molecular formula is C25H34N6O3S. The number of piperazine rings is 1. The highest BCUT2D eigenvalue weighted by atomic mass is 32.1. The van der Waals surface area contributed by atoms with Crippen LogP contribution >= 0.6 is 11.3 Å². The number of aromatic nitrogens is 1. The predicted molar refractivity (Wildman–Crippen MR) is 139 cm³/mol. The number of nitrogens with zero attached hydrogens (tertiary/aromatic N) is 5. The molecule has 1 aromatic carbocycles. The van der Waals surface area contributed by atoms with Crippen molar-refractivity contribution in [1.29, 1.82) is 0 Å². The number of hydrogen-bond donors (Lipinski definition) is 2. The number of ketones is 2. The monoisotopic (exact) mass is 498 g/mol. The van der Waals surface area contributed by atoms with E-state index in [4.69, 9.17) is 5.11 Å². The molecular weight excluding hydrogens is 464 g/mol. The molecule has 0 spiro atoms. The van der Waals surface area contributed by atoms with E-state index >= 15 is 0 Å². The van der Waals surface area contributed by atoms with Gasteiger partial charge in [-0.1, -0.05) is 23.5 Å². The van der Waals surface area contributed by atoms with Crippen LogP contribution in [-0.2, 0) is 9.59 Å². The Balaban J connectivity index is 1.34. The van der Waals surface area contributed by atoms with Gasteiger partial charge in [-0.2, -0.15) is 0 Å². The van der Waals surface area contributed by atoms with E-state index in [-0.39, 0.29) is 29.7 Å². The van der Waals surface area contributed by atoms with E-state index in [9.17, 15) is 9.59 Å². The number of rotatable bonds is 9. The third-order valence-corrected chi connectivity index (χ3v) is 7.37. The summed E-state index contributed by atoms with van der Waals surface area (Å²) in [5.41, 5.74) is 2.05. The van der Waals surface area contributed by atoms with Crippen LogP contribution < -0.4 is 5.32 Å². The Labute approximate surface area is 210 Å². The van der Waals surface area contributed by atoms with Crippen molar-refractivity contribution in [1.82, 2.24) is 25.0 Å². The van der Waals surface area contributed by atoms with E-state index < -0.39 is 0 Å². The van der Waals surface area contributed by atoms with Gasteiger partial charge in [-0.25, -0.2) is 9.98 Å². The largest absolute Gasteiger partial charge is 0.395 e. The summed E-state index contributed by atoms with van der Waals surface area (Å²) in [6, 6.07) is 5.93. The molecule has 2 heterocycles. The number of aliphatic hydroxyl groups is 1. The van der Waals surface area contributed by atoms with Crippen LogP contribution in [0.3, 0.4) is 0 Å². The van der Waals surface area contributed by atoms with Gasteiger partial charge in [0.05, 0.1) is 28.7 Å². The molecule has 1 saturated heterocycles. The molecule has 1 aliphatic heterocycles. The first kappa shape index (κ1) is 25.4. The number of benzene rings is 1. The molecule has 9 nitrogen and oxygen atoms in total. The Morgan fingerprint density at radius 1 is 1.14 bits per heavy atom. The number of Topliss-reactive ketones (excluding diaryl/α,β-unsaturated/α-hetero) is 2. The molecule has 35 heavy (non-hydrogen) atoms. The Kier molecular flexibility index (Phi) is 8.61. The zero-order valence-corrected chi connectivity index (χ0v) is 21.3. The molecule has 4 rings (SSSR count). The summed E-state index contributed by atoms with van der Waals surface area (Å²) in [7, 11) is 3.81. The van der Waals surface area contributed by atoms with Gasteiger partial charge < -0.3 is 15.3 Å². The van der Waals surface area contributed by atoms with Gasteiger partial charge in [-0.15, -0.1) is 0 Å². The summed E-state index contributed by atoms with van der Waals surface area (Å²) in [6.07, 6.45) is 3.94. The minimum absolute atomic E-state index is 0.116. The number of carbonyl (C=O) groups is 2. The van der Waals surface area contributed by atoms with Gasteiger partial charge in [0.15, 0.2) is 11.6 Å². The number of hydrogen-bond acceptors (Lipinski definition) is 9. The molecule has 2 fully saturated rings. The topological polar surface area (TPSA) is 101 Å². The van der Waals surface area contributed by atoms with E-state index in [0.29, 0.717) is 24.5 Å². The zero-order valence-electron chi connectivity index (χ0n) is 20.4. The van der Waals surface area contributed by atoms with Crippen molar-refractivity contribution < 1.29 is 14.7 Å². The molecule has 0 atom stereocenters. The van der Waals surface area contributed by atoms with Gasteiger partial charge in [0.2, 0.25) is 5.13 Å². The van der Waals surface area contributed by atoms with Crippen LogP contribution in [0.15, 0.2) is 35.0 Å². The van der Waals surface area contributed by atoms with E-state index in [1.165, 1.54) is 11.3 Å². The molecule has 10 heteroatoms. The summed E-state index contributed by atoms with van der Waals surface area (Å²) in [5, 5.41) is 12.9. The van der Waals surface area contributed by atoms with Gasteiger partial charge in [0, 0.05) is 84.9 Å². The SMILES string of the molecule is CN(C)C=Nc1nc2c(C3CC(=O)C(=CNCCN4CCN(CCO)CC4)C(=O)C3)cccc2s1. The maximum Gasteiger partial charge on any atom is 0.211 e. The summed E-state index contributed by atoms with van der Waals surface area (Å²) in [6.45, 7) is 6.29. The number of aliphatic imine (C=N–C) groups is 1. The predicted octanol–water partition coefficient (Wildman–Crippen LogP) is 1.62. The summed E-state index contributed by atoms with van der Waals surface area (Å²) < 4.78 is 1.01. The van der Waals surface area contributed by atoms with Gasteiger partial charge in [0.25, 0.3) is 0 Å². The van der Waals surface area contributed by atoms with Gasteiger partial charge in [0.1, 0.15) is 0 Å². The molecule has 1 saturated carbocycles. The number of aliphatic hydroxyl groups excluding tert-OH is 1. The fourth-order valence-electron chi connectivity index (χ4n) is 4.56. The molecule has 2 aliphatic rings. The van der Waals surface area contributed by atoms with Crippen LogP contribution in [0, 0.1) is 0 Å². The summed E-state index contributed by atoms with van der Waals surface area (Å²) in [5.74, 6) is -0.400. The fraction of sp³-hybridized carbons (Fsp3) is 0.520. The number of nitrogens with one attached hydrogen (secondary N) is 1. The Morgan fingerprint density at radius 2 is 1.83 bits per heavy atom. The average Bonchev–Trinajstić information content (AvgIpc) is 3.26. The van der Waals surface area contributed by atoms with Crippen LogP contribution in [0.1, 0.15) is 24.3 Å². The fourth-order valence-corrected chi connectivity index (χ4v) is 5.40. The Bertz CT molecular complexity index is 1080. The Hall–Kier alpha value is -2.66. The molecule has 0 amide bonds. The van der Waals surface area contributed by atoms with Crippen molar-refractivity contribution in [3.8, 4) is 0 Å². The standard InChI is InChI=1S/C25H34N6O3S/c1-29(2)17-27-25-28-24-19(4-3-5-23(24)35-25)18-14-21(33)20(22(34)15-18)16-26-6-7-30-8-10-31(11-9-30)12-13-32/h3-5,16-18,26,32H,6-15H2,1-2H3. The molecule has 0 bridgehead atoms. The van der Waals surface area contributed by atoms with Crippen molar-refractivity contribution in [2.24, 2.45) is 4.99 Å². The molecule has 1 aliphatic carbocycles. The lowest BCUT2D eigenvalue weighted by Crippen LogP contribution is -2.48. The number of para-hydroxylation sites is 1. The Morgan fingerprint density at radius 3 is 2.49 bits per heavy atom. The lowest BCUT2D eigenvalue weighted by molar-refractivity contribution is -0.124. The average molecular weight is 499 g/mol. The van der Waals surface area contributed by atoms with Crippen LogP contribution in [0.4, 0.5) is 5.13 Å². The minimum Gasteiger partial charge on any atom is -0.395 e. The molecule has 188 valence electrons. The first-order valence-corrected chi connectivity index (χ1v) is 12.9. The second-order valence-corrected chi connectivity index (χ2v) is 10.3. The van der Waals surface area contributed by atoms with Crippen LogP contribution in [0.5, 0.6) is 0 Å². The number of β-amino-alcohol motifs (C(OH)–C–C–N with tert-alkyl or cyclic N) is 1. The smallest absolute Gasteiger partial charge is 0.211 e. The van der Waals surface area contributed by atoms with Gasteiger partial charge in [-0.05, 0) is 11.6 Å². The van der Waals surface area contributed by atoms with Gasteiger partial charge in [-0.3, -0.25) is 19.4 Å². The first-order valence-electron chi connectivity index (χ1n) is 12.1. The third-order valence-electron chi connectivity index (χ3n) is 6.44. The lowest BCUT2D eigenvalue weighted by atomic mass is 9.80. The minimum atomic E-state index is -0.168. The van der Waals surface area contributed by atoms with Crippen molar-refractivity contribution in [2.75, 3.05) is 66.5 Å². The molecule has 2 aromatic rings. The highest BCUT2D eigenvalue weighted by molar-refractivity contribution is 7.22. The van der Waals surface area contributed by atoms with Crippen LogP contribution in [0.25, 0.3) is 10.2 Å². The number of carbonyl (C=O) groups excluding carboxylic acids is 2. The summed E-state index contributed by atoms with van der Waals surface area (Å²) in [4.78, 5) is 41.3. The first-order chi connectivity index (χ1) is 16.9. The molecule has 0 radical (unpaired) electrons. The van der Waals surface area contributed by atoms with Gasteiger partial charge >= 0.3 is 0 Å². The van der Waals surface area contributed by atoms with Crippen molar-refractivity contribution >= 4 is 44.6 Å². The van der Waals surface area contributed by atoms with Crippen LogP contribution in [0.2, 0.25) is 0 Å². The quantitative estimate of drug-likeness (QED) is 0.177. The second kappa shape index (κ2) is 11.9. The lowest BCUT2D eigenvalue weighted by Gasteiger charge is -2.34. The zero-order chi connectivity index (χ0) is 24.8. The normalized spacial score (nSPS) is 20.2. The molecule has 0 unspecified atom stereocenters. The number of allylic oxidation sites excluding steroid dienone is 1. The number of thiazole rings is 1. The highest BCUT2D eigenvalue weighted by Crippen LogP contribution is 2.38. The van der Waals surface area contributed by atoms with Crippen LogP contribution in [-0.4, -0.2) is 109 Å². The van der Waals surface area contributed by atoms with E-state index in [0.717, 1.165) is 55.0 Å². The summed E-state index contributed by atoms with van der Waals surface area (Å²) >= 11 is 1.50.